The molecule has 0 fully saturated rings. The molecule has 3 N–H and O–H groups in total. The molecule has 0 radical (unpaired) electrons. The van der Waals surface area contributed by atoms with Gasteiger partial charge in [0.1, 0.15) is 5.75 Å². The average Bonchev–Trinajstić information content (AvgIpc) is 2.97. The number of nitrogens with one attached hydrogen (secondary N) is 1. The van der Waals surface area contributed by atoms with E-state index >= 15 is 0 Å². The van der Waals surface area contributed by atoms with Gasteiger partial charge in [-0.1, -0.05) is 11.6 Å². The second kappa shape index (κ2) is 5.46. The SMILES string of the molecule is COc1ccc(N)cc1-c1nc(-c2ccc(Cl)cc2)n[nH]1. The first-order valence-electron chi connectivity index (χ1n) is 6.29. The van der Waals surface area contributed by atoms with Gasteiger partial charge in [0.25, 0.3) is 0 Å². The monoisotopic (exact) mass is 300 g/mol. The van der Waals surface area contributed by atoms with E-state index in [0.717, 1.165) is 11.1 Å². The fourth-order valence-corrected chi connectivity index (χ4v) is 2.15. The molecule has 0 saturated heterocycles. The smallest absolute Gasteiger partial charge is 0.181 e. The number of nitrogen functional groups attached to an aromatic ring is 1. The largest absolute Gasteiger partial charge is 0.496 e. The van der Waals surface area contributed by atoms with E-state index in [1.54, 1.807) is 37.4 Å². The van der Waals surface area contributed by atoms with Crippen molar-refractivity contribution in [2.24, 2.45) is 0 Å². The number of ether oxygens (including phenoxy) is 1. The Balaban J connectivity index is 2.02. The molecule has 106 valence electrons. The minimum atomic E-state index is 0.589. The van der Waals surface area contributed by atoms with Crippen LogP contribution in [0.3, 0.4) is 0 Å². The van der Waals surface area contributed by atoms with Gasteiger partial charge >= 0.3 is 0 Å². The first kappa shape index (κ1) is 13.5. The van der Waals surface area contributed by atoms with Gasteiger partial charge in [-0.3, -0.25) is 5.10 Å². The Morgan fingerprint density at radius 3 is 2.62 bits per heavy atom. The first-order valence-corrected chi connectivity index (χ1v) is 6.67. The van der Waals surface area contributed by atoms with Crippen molar-refractivity contribution in [3.63, 3.8) is 0 Å². The molecular weight excluding hydrogens is 288 g/mol. The zero-order valence-electron chi connectivity index (χ0n) is 11.3. The third kappa shape index (κ3) is 2.68. The van der Waals surface area contributed by atoms with Gasteiger partial charge < -0.3 is 10.5 Å². The maximum atomic E-state index is 5.88. The number of methoxy groups -OCH3 is 1. The Morgan fingerprint density at radius 2 is 1.90 bits per heavy atom. The van der Waals surface area contributed by atoms with Crippen molar-refractivity contribution >= 4 is 17.3 Å². The lowest BCUT2D eigenvalue weighted by atomic mass is 10.1. The highest BCUT2D eigenvalue weighted by Crippen LogP contribution is 2.30. The summed E-state index contributed by atoms with van der Waals surface area (Å²) in [5.41, 5.74) is 8.10. The minimum Gasteiger partial charge on any atom is -0.496 e. The summed E-state index contributed by atoms with van der Waals surface area (Å²) in [7, 11) is 1.60. The number of hydrogen-bond donors (Lipinski definition) is 2. The van der Waals surface area contributed by atoms with Crippen molar-refractivity contribution in [2.45, 2.75) is 0 Å². The second-order valence-electron chi connectivity index (χ2n) is 4.47. The lowest BCUT2D eigenvalue weighted by Gasteiger charge is -2.06. The topological polar surface area (TPSA) is 76.8 Å². The summed E-state index contributed by atoms with van der Waals surface area (Å²) in [6.45, 7) is 0. The Hall–Kier alpha value is -2.53. The Bertz CT molecular complexity index is 768. The number of aromatic nitrogens is 3. The molecule has 3 aromatic rings. The van der Waals surface area contributed by atoms with Crippen molar-refractivity contribution < 1.29 is 4.74 Å². The van der Waals surface area contributed by atoms with Crippen LogP contribution in [0.1, 0.15) is 0 Å². The van der Waals surface area contributed by atoms with E-state index in [4.69, 9.17) is 22.1 Å². The summed E-state index contributed by atoms with van der Waals surface area (Å²) >= 11 is 5.88. The van der Waals surface area contributed by atoms with Gasteiger partial charge in [-0.15, -0.1) is 0 Å². The fourth-order valence-electron chi connectivity index (χ4n) is 2.02. The van der Waals surface area contributed by atoms with E-state index in [1.165, 1.54) is 0 Å². The zero-order valence-corrected chi connectivity index (χ0v) is 12.1. The number of rotatable bonds is 3. The van der Waals surface area contributed by atoms with Gasteiger partial charge in [0, 0.05) is 16.3 Å². The zero-order chi connectivity index (χ0) is 14.8. The van der Waals surface area contributed by atoms with Crippen LogP contribution in [0.15, 0.2) is 42.5 Å². The van der Waals surface area contributed by atoms with Crippen LogP contribution in [0.4, 0.5) is 5.69 Å². The number of hydrogen-bond acceptors (Lipinski definition) is 4. The highest BCUT2D eigenvalue weighted by Gasteiger charge is 2.12. The van der Waals surface area contributed by atoms with E-state index in [2.05, 4.69) is 15.2 Å². The van der Waals surface area contributed by atoms with Crippen molar-refractivity contribution in [1.29, 1.82) is 0 Å². The third-order valence-electron chi connectivity index (χ3n) is 3.07. The lowest BCUT2D eigenvalue weighted by molar-refractivity contribution is 0.416. The molecule has 2 aromatic carbocycles. The molecule has 1 aromatic heterocycles. The molecule has 0 spiro atoms. The Morgan fingerprint density at radius 1 is 1.14 bits per heavy atom. The highest BCUT2D eigenvalue weighted by molar-refractivity contribution is 6.30. The van der Waals surface area contributed by atoms with Gasteiger partial charge in [0.05, 0.1) is 12.7 Å². The number of halogens is 1. The number of benzene rings is 2. The van der Waals surface area contributed by atoms with Crippen LogP contribution >= 0.6 is 11.6 Å². The highest BCUT2D eigenvalue weighted by atomic mass is 35.5. The quantitative estimate of drug-likeness (QED) is 0.727. The molecule has 0 aliphatic heterocycles. The van der Waals surface area contributed by atoms with Crippen molar-refractivity contribution in [3.8, 4) is 28.5 Å². The standard InChI is InChI=1S/C15H13ClN4O/c1-21-13-7-6-11(17)8-12(13)15-18-14(19-20-15)9-2-4-10(16)5-3-9/h2-8H,17H2,1H3,(H,18,19,20). The van der Waals surface area contributed by atoms with E-state index in [9.17, 15) is 0 Å². The number of aromatic amines is 1. The molecule has 0 unspecified atom stereocenters. The van der Waals surface area contributed by atoms with Gasteiger partial charge in [-0.25, -0.2) is 4.98 Å². The van der Waals surface area contributed by atoms with Crippen LogP contribution in [0.25, 0.3) is 22.8 Å². The Kier molecular flexibility index (Phi) is 3.50. The maximum absolute atomic E-state index is 5.88. The summed E-state index contributed by atoms with van der Waals surface area (Å²) in [6.07, 6.45) is 0. The number of anilines is 1. The van der Waals surface area contributed by atoms with Crippen molar-refractivity contribution in [2.75, 3.05) is 12.8 Å². The lowest BCUT2D eigenvalue weighted by Crippen LogP contribution is -1.92. The Labute approximate surface area is 126 Å². The molecule has 0 saturated carbocycles. The number of nitrogens with two attached hydrogens (primary N) is 1. The predicted octanol–water partition coefficient (Wildman–Crippen LogP) is 3.38. The molecular formula is C15H13ClN4O. The van der Waals surface area contributed by atoms with Crippen molar-refractivity contribution in [1.82, 2.24) is 15.2 Å². The van der Waals surface area contributed by atoms with E-state index < -0.39 is 0 Å². The molecule has 0 aliphatic carbocycles. The molecule has 0 bridgehead atoms. The normalized spacial score (nSPS) is 10.6. The predicted molar refractivity (Wildman–Crippen MR) is 83.2 cm³/mol. The minimum absolute atomic E-state index is 0.589. The van der Waals surface area contributed by atoms with Crippen LogP contribution in [0.2, 0.25) is 5.02 Å². The molecule has 1 heterocycles. The third-order valence-corrected chi connectivity index (χ3v) is 3.32. The molecule has 3 rings (SSSR count). The van der Waals surface area contributed by atoms with Gasteiger partial charge in [0.2, 0.25) is 0 Å². The summed E-state index contributed by atoms with van der Waals surface area (Å²) < 4.78 is 5.32. The van der Waals surface area contributed by atoms with Crippen LogP contribution in [0.5, 0.6) is 5.75 Å². The van der Waals surface area contributed by atoms with Crippen LogP contribution in [-0.4, -0.2) is 22.3 Å². The van der Waals surface area contributed by atoms with E-state index in [-0.39, 0.29) is 0 Å². The second-order valence-corrected chi connectivity index (χ2v) is 4.91. The van der Waals surface area contributed by atoms with Crippen LogP contribution in [0, 0.1) is 0 Å². The summed E-state index contributed by atoms with van der Waals surface area (Å²) in [5.74, 6) is 1.87. The molecule has 21 heavy (non-hydrogen) atoms. The van der Waals surface area contributed by atoms with Gasteiger partial charge in [-0.2, -0.15) is 5.10 Å². The molecule has 0 amide bonds. The summed E-state index contributed by atoms with van der Waals surface area (Å²) in [5, 5.41) is 7.80. The molecule has 0 atom stereocenters. The van der Waals surface area contributed by atoms with Crippen molar-refractivity contribution in [3.05, 3.63) is 47.5 Å². The molecule has 0 aliphatic rings. The maximum Gasteiger partial charge on any atom is 0.181 e. The van der Waals surface area contributed by atoms with E-state index in [0.29, 0.717) is 28.1 Å². The molecule has 5 nitrogen and oxygen atoms in total. The van der Waals surface area contributed by atoms with Gasteiger partial charge in [0.15, 0.2) is 11.6 Å². The summed E-state index contributed by atoms with van der Waals surface area (Å²) in [4.78, 5) is 4.48. The average molecular weight is 301 g/mol. The summed E-state index contributed by atoms with van der Waals surface area (Å²) in [6, 6.07) is 12.7. The van der Waals surface area contributed by atoms with Crippen LogP contribution in [-0.2, 0) is 0 Å². The van der Waals surface area contributed by atoms with Crippen LogP contribution < -0.4 is 10.5 Å². The fraction of sp³-hybridized carbons (Fsp3) is 0.0667. The first-order chi connectivity index (χ1) is 10.2. The number of nitrogens with zero attached hydrogens (tertiary/aromatic N) is 2. The number of H-pyrrole nitrogens is 1. The van der Waals surface area contributed by atoms with Gasteiger partial charge in [-0.05, 0) is 42.5 Å². The molecule has 6 heteroatoms. The van der Waals surface area contributed by atoms with E-state index in [1.807, 2.05) is 12.1 Å².